The van der Waals surface area contributed by atoms with Crippen molar-refractivity contribution in [2.24, 2.45) is 0 Å². The Morgan fingerprint density at radius 3 is 2.48 bits per heavy atom. The minimum absolute atomic E-state index is 0.0399. The maximum Gasteiger partial charge on any atom is 0.245 e. The van der Waals surface area contributed by atoms with E-state index in [4.69, 9.17) is 0 Å². The minimum Gasteiger partial charge on any atom is -0.308 e. The van der Waals surface area contributed by atoms with Gasteiger partial charge in [-0.05, 0) is 49.9 Å². The lowest BCUT2D eigenvalue weighted by Gasteiger charge is -2.37. The van der Waals surface area contributed by atoms with Gasteiger partial charge in [-0.3, -0.25) is 4.79 Å². The van der Waals surface area contributed by atoms with Crippen molar-refractivity contribution < 1.29 is 13.2 Å². The van der Waals surface area contributed by atoms with Crippen molar-refractivity contribution in [1.29, 1.82) is 0 Å². The molecule has 5 nitrogen and oxygen atoms in total. The summed E-state index contributed by atoms with van der Waals surface area (Å²) in [7, 11) is -3.69. The minimum atomic E-state index is -3.69. The molecule has 0 bridgehead atoms. The third-order valence-corrected chi connectivity index (χ3v) is 7.46. The van der Waals surface area contributed by atoms with Crippen molar-refractivity contribution in [3.8, 4) is 0 Å². The molecule has 1 saturated heterocycles. The highest BCUT2D eigenvalue weighted by Gasteiger charge is 2.42. The Balaban J connectivity index is 1.68. The number of amides is 1. The molecule has 2 aromatic carbocycles. The van der Waals surface area contributed by atoms with Crippen LogP contribution in [0.3, 0.4) is 0 Å². The van der Waals surface area contributed by atoms with E-state index >= 15 is 0 Å². The molecule has 2 aromatic rings. The van der Waals surface area contributed by atoms with Crippen LogP contribution in [0.4, 0.5) is 5.69 Å². The van der Waals surface area contributed by atoms with Crippen molar-refractivity contribution >= 4 is 21.6 Å². The molecule has 4 rings (SSSR count). The van der Waals surface area contributed by atoms with Crippen LogP contribution in [-0.4, -0.2) is 37.3 Å². The molecule has 0 N–H and O–H groups in total. The third kappa shape index (κ3) is 3.17. The fourth-order valence-corrected chi connectivity index (χ4v) is 5.90. The number of sulfonamides is 1. The summed E-state index contributed by atoms with van der Waals surface area (Å²) in [6.07, 6.45) is 3.01. The molecule has 0 aliphatic carbocycles. The highest BCUT2D eigenvalue weighted by Crippen LogP contribution is 2.35. The molecule has 2 heterocycles. The molecule has 0 aromatic heterocycles. The van der Waals surface area contributed by atoms with E-state index in [0.29, 0.717) is 13.0 Å². The maximum atomic E-state index is 13.5. The average Bonchev–Trinajstić information content (AvgIpc) is 3.04. The monoisotopic (exact) mass is 384 g/mol. The first-order valence-corrected chi connectivity index (χ1v) is 10.9. The van der Waals surface area contributed by atoms with E-state index in [9.17, 15) is 13.2 Å². The lowest BCUT2D eigenvalue weighted by atomic mass is 10.0. The summed E-state index contributed by atoms with van der Waals surface area (Å²) < 4.78 is 27.8. The molecule has 0 unspecified atom stereocenters. The van der Waals surface area contributed by atoms with E-state index in [0.717, 1.165) is 30.5 Å². The summed E-state index contributed by atoms with van der Waals surface area (Å²) in [6, 6.07) is 15.7. The molecule has 1 amide bonds. The van der Waals surface area contributed by atoms with E-state index in [1.54, 1.807) is 35.2 Å². The van der Waals surface area contributed by atoms with Crippen LogP contribution >= 0.6 is 0 Å². The summed E-state index contributed by atoms with van der Waals surface area (Å²) in [5.74, 6) is -0.105. The second-order valence-corrected chi connectivity index (χ2v) is 9.22. The molecule has 0 spiro atoms. The fourth-order valence-electron chi connectivity index (χ4n) is 4.23. The number of para-hydroxylation sites is 1. The largest absolute Gasteiger partial charge is 0.308 e. The topological polar surface area (TPSA) is 57.7 Å². The quantitative estimate of drug-likeness (QED) is 0.816. The van der Waals surface area contributed by atoms with Crippen LogP contribution in [0, 0.1) is 0 Å². The first-order chi connectivity index (χ1) is 13.0. The number of hydrogen-bond donors (Lipinski definition) is 0. The van der Waals surface area contributed by atoms with Crippen LogP contribution in [0.5, 0.6) is 0 Å². The van der Waals surface area contributed by atoms with E-state index in [-0.39, 0.29) is 16.8 Å². The molecule has 0 saturated carbocycles. The van der Waals surface area contributed by atoms with Crippen molar-refractivity contribution in [1.82, 2.24) is 4.31 Å². The number of carbonyl (C=O) groups excluding carboxylic acids is 1. The van der Waals surface area contributed by atoms with Crippen LogP contribution in [-0.2, 0) is 21.2 Å². The van der Waals surface area contributed by atoms with Crippen molar-refractivity contribution in [3.63, 3.8) is 0 Å². The van der Waals surface area contributed by atoms with Crippen LogP contribution in [0.15, 0.2) is 59.5 Å². The van der Waals surface area contributed by atoms with Gasteiger partial charge in [0.25, 0.3) is 0 Å². The number of benzene rings is 2. The second kappa shape index (κ2) is 7.09. The molecule has 2 aliphatic heterocycles. The molecule has 1 fully saturated rings. The molecule has 0 radical (unpaired) electrons. The van der Waals surface area contributed by atoms with Gasteiger partial charge in [-0.2, -0.15) is 4.31 Å². The number of piperidine rings is 1. The Labute approximate surface area is 160 Å². The van der Waals surface area contributed by atoms with Crippen molar-refractivity contribution in [3.05, 3.63) is 60.2 Å². The van der Waals surface area contributed by atoms with Gasteiger partial charge >= 0.3 is 0 Å². The zero-order valence-corrected chi connectivity index (χ0v) is 16.2. The first kappa shape index (κ1) is 18.2. The summed E-state index contributed by atoms with van der Waals surface area (Å²) >= 11 is 0. The van der Waals surface area contributed by atoms with Crippen LogP contribution in [0.25, 0.3) is 0 Å². The van der Waals surface area contributed by atoms with Gasteiger partial charge in [-0.15, -0.1) is 0 Å². The fraction of sp³-hybridized carbons (Fsp3) is 0.381. The van der Waals surface area contributed by atoms with Gasteiger partial charge in [0.2, 0.25) is 15.9 Å². The summed E-state index contributed by atoms with van der Waals surface area (Å²) in [4.78, 5) is 15.5. The summed E-state index contributed by atoms with van der Waals surface area (Å²) in [5, 5.41) is 0. The summed E-state index contributed by atoms with van der Waals surface area (Å²) in [5.41, 5.74) is 2.06. The van der Waals surface area contributed by atoms with E-state index < -0.39 is 16.1 Å². The highest BCUT2D eigenvalue weighted by molar-refractivity contribution is 7.89. The number of fused-ring (bicyclic) bond motifs is 1. The zero-order valence-electron chi connectivity index (χ0n) is 15.4. The molecule has 2 atom stereocenters. The number of hydrogen-bond acceptors (Lipinski definition) is 3. The standard InChI is InChI=1S/C21H24N2O3S/c1-16-15-17-9-5-6-12-19(17)23(16)21(24)20-13-7-8-14-22(20)27(25,26)18-10-3-2-4-11-18/h2-6,9-12,16,20H,7-8,13-15H2,1H3/t16-,20-/m1/s1. The molecule has 2 aliphatic rings. The van der Waals surface area contributed by atoms with E-state index in [2.05, 4.69) is 0 Å². The van der Waals surface area contributed by atoms with Crippen molar-refractivity contribution in [2.75, 3.05) is 11.4 Å². The smallest absolute Gasteiger partial charge is 0.245 e. The second-order valence-electron chi connectivity index (χ2n) is 7.33. The first-order valence-electron chi connectivity index (χ1n) is 9.48. The maximum absolute atomic E-state index is 13.5. The highest BCUT2D eigenvalue weighted by atomic mass is 32.2. The zero-order chi connectivity index (χ0) is 19.0. The molecular formula is C21H24N2O3S. The molecular weight excluding hydrogens is 360 g/mol. The van der Waals surface area contributed by atoms with Crippen LogP contribution < -0.4 is 4.90 Å². The van der Waals surface area contributed by atoms with Crippen LogP contribution in [0.1, 0.15) is 31.7 Å². The predicted octanol–water partition coefficient (Wildman–Crippen LogP) is 3.21. The lowest BCUT2D eigenvalue weighted by molar-refractivity contribution is -0.123. The van der Waals surface area contributed by atoms with Gasteiger partial charge in [0.05, 0.1) is 4.90 Å². The Morgan fingerprint density at radius 2 is 1.70 bits per heavy atom. The normalized spacial score (nSPS) is 23.2. The number of nitrogens with zero attached hydrogens (tertiary/aromatic N) is 2. The average molecular weight is 385 g/mol. The van der Waals surface area contributed by atoms with Gasteiger partial charge in [-0.25, -0.2) is 8.42 Å². The van der Waals surface area contributed by atoms with Gasteiger partial charge in [-0.1, -0.05) is 42.8 Å². The summed E-state index contributed by atoms with van der Waals surface area (Å²) in [6.45, 7) is 2.41. The van der Waals surface area contributed by atoms with E-state index in [1.807, 2.05) is 31.2 Å². The lowest BCUT2D eigenvalue weighted by Crippen LogP contribution is -2.54. The van der Waals surface area contributed by atoms with E-state index in [1.165, 1.54) is 4.31 Å². The Kier molecular flexibility index (Phi) is 4.78. The van der Waals surface area contributed by atoms with Gasteiger partial charge in [0.1, 0.15) is 6.04 Å². The number of carbonyl (C=O) groups is 1. The Morgan fingerprint density at radius 1 is 1.00 bits per heavy atom. The third-order valence-electron chi connectivity index (χ3n) is 5.53. The predicted molar refractivity (Wildman–Crippen MR) is 105 cm³/mol. The van der Waals surface area contributed by atoms with Crippen LogP contribution in [0.2, 0.25) is 0 Å². The Hall–Kier alpha value is -2.18. The molecule has 6 heteroatoms. The van der Waals surface area contributed by atoms with Gasteiger partial charge in [0.15, 0.2) is 0 Å². The van der Waals surface area contributed by atoms with Gasteiger partial charge < -0.3 is 4.90 Å². The molecule has 27 heavy (non-hydrogen) atoms. The van der Waals surface area contributed by atoms with Crippen molar-refractivity contribution in [2.45, 2.75) is 49.6 Å². The van der Waals surface area contributed by atoms with Gasteiger partial charge in [0, 0.05) is 18.3 Å². The number of rotatable bonds is 3. The number of anilines is 1. The molecule has 142 valence electrons. The Bertz CT molecular complexity index is 943. The SMILES string of the molecule is C[C@@H]1Cc2ccccc2N1C(=O)[C@H]1CCCCN1S(=O)(=O)c1ccccc1.